The summed E-state index contributed by atoms with van der Waals surface area (Å²) < 4.78 is 1.67. The van der Waals surface area contributed by atoms with Gasteiger partial charge in [-0.15, -0.1) is 0 Å². The lowest BCUT2D eigenvalue weighted by Gasteiger charge is -2.05. The largest absolute Gasteiger partial charge is 0.259 e. The highest BCUT2D eigenvalue weighted by molar-refractivity contribution is 7.96. The maximum atomic E-state index is 5.27. The van der Waals surface area contributed by atoms with Crippen molar-refractivity contribution in [2.24, 2.45) is 5.84 Å². The van der Waals surface area contributed by atoms with Gasteiger partial charge in [0.15, 0.2) is 0 Å². The molecule has 0 aromatic carbocycles. The van der Waals surface area contributed by atoms with Crippen molar-refractivity contribution < 1.29 is 0 Å². The molecule has 0 spiro atoms. The van der Waals surface area contributed by atoms with Gasteiger partial charge in [0.05, 0.1) is 0 Å². The van der Waals surface area contributed by atoms with Crippen LogP contribution in [0.4, 0.5) is 0 Å². The van der Waals surface area contributed by atoms with E-state index in [9.17, 15) is 0 Å². The van der Waals surface area contributed by atoms with Gasteiger partial charge in [-0.05, 0) is 6.26 Å². The third kappa shape index (κ3) is 2.50. The molecule has 0 saturated heterocycles. The molecule has 0 aliphatic heterocycles. The molecule has 0 aliphatic rings. The highest BCUT2D eigenvalue weighted by atomic mass is 32.2. The molecule has 6 heavy (non-hydrogen) atoms. The molecule has 0 fully saturated rings. The van der Waals surface area contributed by atoms with Gasteiger partial charge in [-0.3, -0.25) is 5.84 Å². The van der Waals surface area contributed by atoms with Crippen LogP contribution in [0.5, 0.6) is 0 Å². The maximum Gasteiger partial charge on any atom is 0.0214 e. The summed E-state index contributed by atoms with van der Waals surface area (Å²) in [5.41, 5.74) is 0. The minimum atomic E-state index is 0.904. The van der Waals surface area contributed by atoms with E-state index >= 15 is 0 Å². The Bertz CT molecular complexity index is 28.0. The van der Waals surface area contributed by atoms with Crippen LogP contribution < -0.4 is 5.84 Å². The summed E-state index contributed by atoms with van der Waals surface area (Å²) in [7, 11) is 0. The molecule has 3 heteroatoms. The van der Waals surface area contributed by atoms with E-state index in [2.05, 4.69) is 0 Å². The molecule has 0 atom stereocenters. The van der Waals surface area contributed by atoms with E-state index in [0.717, 1.165) is 6.54 Å². The average molecular weight is 106 g/mol. The molecule has 0 radical (unpaired) electrons. The zero-order chi connectivity index (χ0) is 4.99. The van der Waals surface area contributed by atoms with Gasteiger partial charge in [-0.1, -0.05) is 18.9 Å². The first-order valence-corrected chi connectivity index (χ1v) is 3.05. The molecule has 0 unspecified atom stereocenters. The van der Waals surface area contributed by atoms with E-state index in [1.165, 1.54) is 11.9 Å². The molecular formula is C3H10N2S. The molecular weight excluding hydrogens is 96.1 g/mol. The van der Waals surface area contributed by atoms with Crippen LogP contribution in [0, 0.1) is 0 Å². The predicted octanol–water partition coefficient (Wildman–Crippen LogP) is 0.460. The van der Waals surface area contributed by atoms with Crippen molar-refractivity contribution in [3.63, 3.8) is 0 Å². The lowest BCUT2D eigenvalue weighted by molar-refractivity contribution is 0.529. The summed E-state index contributed by atoms with van der Waals surface area (Å²) in [5.74, 6) is 5.27. The van der Waals surface area contributed by atoms with Crippen LogP contribution in [0.3, 0.4) is 0 Å². The fourth-order valence-electron chi connectivity index (χ4n) is 0.129. The Morgan fingerprint density at radius 2 is 2.33 bits per heavy atom. The van der Waals surface area contributed by atoms with Gasteiger partial charge in [0.1, 0.15) is 0 Å². The van der Waals surface area contributed by atoms with Gasteiger partial charge in [-0.25, -0.2) is 0 Å². The fourth-order valence-corrected chi connectivity index (χ4v) is 0.387. The van der Waals surface area contributed by atoms with Crippen molar-refractivity contribution in [1.82, 2.24) is 4.41 Å². The topological polar surface area (TPSA) is 29.3 Å². The van der Waals surface area contributed by atoms with Crippen LogP contribution in [-0.4, -0.2) is 17.2 Å². The molecule has 38 valence electrons. The highest BCUT2D eigenvalue weighted by Gasteiger charge is 1.83. The van der Waals surface area contributed by atoms with Crippen molar-refractivity contribution in [2.45, 2.75) is 6.92 Å². The number of rotatable bonds is 2. The first kappa shape index (κ1) is 6.27. The normalized spacial score (nSPS) is 10.0. The van der Waals surface area contributed by atoms with E-state index in [1.807, 2.05) is 13.2 Å². The minimum absolute atomic E-state index is 0.904. The Kier molecular flexibility index (Phi) is 3.62. The lowest BCUT2D eigenvalue weighted by atomic mass is 10.8. The summed E-state index contributed by atoms with van der Waals surface area (Å²) in [5, 5.41) is 0. The second-order valence-electron chi connectivity index (χ2n) is 0.916. The highest BCUT2D eigenvalue weighted by Crippen LogP contribution is 1.92. The van der Waals surface area contributed by atoms with Gasteiger partial charge >= 0.3 is 0 Å². The zero-order valence-corrected chi connectivity index (χ0v) is 4.96. The molecule has 0 amide bonds. The van der Waals surface area contributed by atoms with Gasteiger partial charge in [0.2, 0.25) is 0 Å². The summed E-state index contributed by atoms with van der Waals surface area (Å²) in [6, 6.07) is 0. The van der Waals surface area contributed by atoms with Crippen molar-refractivity contribution in [1.29, 1.82) is 0 Å². The Balaban J connectivity index is 2.75. The van der Waals surface area contributed by atoms with Gasteiger partial charge < -0.3 is 0 Å². The van der Waals surface area contributed by atoms with Crippen LogP contribution in [0.25, 0.3) is 0 Å². The van der Waals surface area contributed by atoms with Crippen molar-refractivity contribution >= 4 is 11.9 Å². The van der Waals surface area contributed by atoms with E-state index in [-0.39, 0.29) is 0 Å². The fraction of sp³-hybridized carbons (Fsp3) is 1.00. The molecule has 0 aromatic heterocycles. The van der Waals surface area contributed by atoms with Crippen LogP contribution in [0.1, 0.15) is 6.92 Å². The Hall–Kier alpha value is 0.270. The van der Waals surface area contributed by atoms with E-state index in [0.29, 0.717) is 0 Å². The van der Waals surface area contributed by atoms with Crippen molar-refractivity contribution in [2.75, 3.05) is 12.8 Å². The number of nitrogens with two attached hydrogens (primary N) is 1. The average Bonchev–Trinajstić information content (AvgIpc) is 1.65. The molecule has 0 aliphatic carbocycles. The second kappa shape index (κ2) is 3.46. The Labute approximate surface area is 42.8 Å². The molecule has 0 rings (SSSR count). The SMILES string of the molecule is CCN(N)SC. The molecule has 0 bridgehead atoms. The van der Waals surface area contributed by atoms with E-state index in [1.54, 1.807) is 4.41 Å². The zero-order valence-electron chi connectivity index (χ0n) is 4.14. The number of hydrogen-bond donors (Lipinski definition) is 1. The van der Waals surface area contributed by atoms with Crippen LogP contribution in [-0.2, 0) is 0 Å². The molecule has 0 aromatic rings. The summed E-state index contributed by atoms with van der Waals surface area (Å²) in [4.78, 5) is 0. The molecule has 2 N–H and O–H groups in total. The van der Waals surface area contributed by atoms with Gasteiger partial charge in [0, 0.05) is 6.54 Å². The first-order chi connectivity index (χ1) is 2.81. The summed E-state index contributed by atoms with van der Waals surface area (Å²) in [6.07, 6.45) is 1.95. The van der Waals surface area contributed by atoms with Crippen LogP contribution in [0.15, 0.2) is 0 Å². The first-order valence-electron chi connectivity index (χ1n) is 1.87. The maximum absolute atomic E-state index is 5.27. The van der Waals surface area contributed by atoms with Crippen molar-refractivity contribution in [3.8, 4) is 0 Å². The van der Waals surface area contributed by atoms with Gasteiger partial charge in [-0.2, -0.15) is 4.41 Å². The monoisotopic (exact) mass is 106 g/mol. The third-order valence-electron chi connectivity index (χ3n) is 0.546. The minimum Gasteiger partial charge on any atom is -0.259 e. The quantitative estimate of drug-likeness (QED) is 0.315. The van der Waals surface area contributed by atoms with Gasteiger partial charge in [0.25, 0.3) is 0 Å². The molecule has 0 saturated carbocycles. The standard InChI is InChI=1S/C3H10N2S/c1-3-5(4)6-2/h3-4H2,1-2H3. The number of nitrogens with zero attached hydrogens (tertiary/aromatic N) is 1. The summed E-state index contributed by atoms with van der Waals surface area (Å²) >= 11 is 1.54. The van der Waals surface area contributed by atoms with Crippen LogP contribution >= 0.6 is 11.9 Å². The number of hydrogen-bond acceptors (Lipinski definition) is 3. The molecule has 2 nitrogen and oxygen atoms in total. The van der Waals surface area contributed by atoms with E-state index < -0.39 is 0 Å². The van der Waals surface area contributed by atoms with Crippen LogP contribution in [0.2, 0.25) is 0 Å². The number of hydrazine groups is 1. The Morgan fingerprint density at radius 3 is 2.33 bits per heavy atom. The van der Waals surface area contributed by atoms with Crippen molar-refractivity contribution in [3.05, 3.63) is 0 Å². The predicted molar refractivity (Wildman–Crippen MR) is 30.1 cm³/mol. The third-order valence-corrected chi connectivity index (χ3v) is 1.27. The lowest BCUT2D eigenvalue weighted by Crippen LogP contribution is -2.21. The molecule has 0 heterocycles. The smallest absolute Gasteiger partial charge is 0.0214 e. The summed E-state index contributed by atoms with van der Waals surface area (Å²) in [6.45, 7) is 2.91. The Morgan fingerprint density at radius 1 is 1.83 bits per heavy atom. The van der Waals surface area contributed by atoms with E-state index in [4.69, 9.17) is 5.84 Å². The second-order valence-corrected chi connectivity index (χ2v) is 1.75.